The summed E-state index contributed by atoms with van der Waals surface area (Å²) in [5.74, 6) is 0.738. The Morgan fingerprint density at radius 2 is 1.97 bits per heavy atom. The van der Waals surface area contributed by atoms with Crippen LogP contribution in [-0.4, -0.2) is 17.9 Å². The lowest BCUT2D eigenvalue weighted by Crippen LogP contribution is -2.14. The number of aromatic nitrogens is 1. The van der Waals surface area contributed by atoms with Crippen LogP contribution in [0.5, 0.6) is 5.75 Å². The lowest BCUT2D eigenvalue weighted by molar-refractivity contribution is -0.116. The summed E-state index contributed by atoms with van der Waals surface area (Å²) in [7, 11) is 1.63. The van der Waals surface area contributed by atoms with Crippen molar-refractivity contribution in [1.29, 1.82) is 0 Å². The van der Waals surface area contributed by atoms with Crippen molar-refractivity contribution in [2.24, 2.45) is 0 Å². The molecule has 4 nitrogen and oxygen atoms in total. The first kappa shape index (κ1) is 19.9. The van der Waals surface area contributed by atoms with E-state index in [-0.39, 0.29) is 12.0 Å². The lowest BCUT2D eigenvalue weighted by atomic mass is 9.97. The number of likely N-dealkylation sites (N-methyl/N-ethyl adjacent to an activating group) is 1. The van der Waals surface area contributed by atoms with Gasteiger partial charge in [0.15, 0.2) is 0 Å². The van der Waals surface area contributed by atoms with E-state index in [0.717, 1.165) is 40.9 Å². The number of aryl methyl sites for hydroxylation is 1. The van der Waals surface area contributed by atoms with E-state index >= 15 is 0 Å². The van der Waals surface area contributed by atoms with E-state index in [4.69, 9.17) is 4.74 Å². The number of pyridine rings is 1. The number of hydrogen-bond donors (Lipinski definition) is 1. The summed E-state index contributed by atoms with van der Waals surface area (Å²) in [6, 6.07) is 16.6. The molecule has 1 N–H and O–H groups in total. The highest BCUT2D eigenvalue weighted by Crippen LogP contribution is 2.40. The molecule has 1 heterocycles. The van der Waals surface area contributed by atoms with Crippen LogP contribution in [-0.2, 0) is 11.2 Å². The summed E-state index contributed by atoms with van der Waals surface area (Å²) < 4.78 is 6.34. The van der Waals surface area contributed by atoms with Gasteiger partial charge in [-0.1, -0.05) is 30.3 Å². The van der Waals surface area contributed by atoms with Gasteiger partial charge in [0.05, 0.1) is 0 Å². The highest BCUT2D eigenvalue weighted by atomic mass is 16.5. The summed E-state index contributed by atoms with van der Waals surface area (Å²) in [6.07, 6.45) is 7.42. The molecule has 152 valence electrons. The van der Waals surface area contributed by atoms with Crippen molar-refractivity contribution in [3.63, 3.8) is 0 Å². The Morgan fingerprint density at radius 1 is 1.17 bits per heavy atom. The first-order valence-corrected chi connectivity index (χ1v) is 10.3. The zero-order chi connectivity index (χ0) is 21.1. The molecular formula is C26H26N2O2. The quantitative estimate of drug-likeness (QED) is 0.596. The van der Waals surface area contributed by atoms with Crippen LogP contribution in [0.2, 0.25) is 0 Å². The SMILES string of the molecule is CNC(=O)/C=C(\C)c1ccc(OC2CCc3c(-c4cncc(C)c4)cccc32)cc1. The number of ether oxygens (including phenoxy) is 1. The smallest absolute Gasteiger partial charge is 0.244 e. The molecule has 0 spiro atoms. The maximum Gasteiger partial charge on any atom is 0.244 e. The third kappa shape index (κ3) is 4.13. The van der Waals surface area contributed by atoms with Crippen LogP contribution in [0, 0.1) is 6.92 Å². The minimum absolute atomic E-state index is 0.0473. The second-order valence-corrected chi connectivity index (χ2v) is 7.74. The van der Waals surface area contributed by atoms with E-state index in [1.807, 2.05) is 43.6 Å². The van der Waals surface area contributed by atoms with Gasteiger partial charge in [0, 0.05) is 31.1 Å². The number of carbonyl (C=O) groups is 1. The Morgan fingerprint density at radius 3 is 2.70 bits per heavy atom. The predicted octanol–water partition coefficient (Wildman–Crippen LogP) is 5.27. The monoisotopic (exact) mass is 398 g/mol. The van der Waals surface area contributed by atoms with Gasteiger partial charge >= 0.3 is 0 Å². The van der Waals surface area contributed by atoms with Crippen LogP contribution in [0.3, 0.4) is 0 Å². The second kappa shape index (κ2) is 8.54. The Bertz CT molecular complexity index is 1100. The molecule has 1 atom stereocenters. The van der Waals surface area contributed by atoms with Gasteiger partial charge in [0.25, 0.3) is 0 Å². The van der Waals surface area contributed by atoms with Gasteiger partial charge in [-0.25, -0.2) is 0 Å². The molecule has 3 aromatic rings. The summed E-state index contributed by atoms with van der Waals surface area (Å²) in [6.45, 7) is 4.00. The Hall–Kier alpha value is -3.40. The highest BCUT2D eigenvalue weighted by Gasteiger charge is 2.26. The third-order valence-corrected chi connectivity index (χ3v) is 5.58. The molecule has 30 heavy (non-hydrogen) atoms. The molecule has 0 bridgehead atoms. The molecule has 0 fully saturated rings. The summed E-state index contributed by atoms with van der Waals surface area (Å²) in [5.41, 5.74) is 8.12. The van der Waals surface area contributed by atoms with Crippen molar-refractivity contribution >= 4 is 11.5 Å². The van der Waals surface area contributed by atoms with Crippen LogP contribution in [0.1, 0.15) is 41.7 Å². The summed E-state index contributed by atoms with van der Waals surface area (Å²) in [4.78, 5) is 15.9. The van der Waals surface area contributed by atoms with Gasteiger partial charge in [-0.15, -0.1) is 0 Å². The van der Waals surface area contributed by atoms with Crippen molar-refractivity contribution < 1.29 is 9.53 Å². The number of amides is 1. The third-order valence-electron chi connectivity index (χ3n) is 5.58. The molecule has 4 rings (SSSR count). The Kier molecular flexibility index (Phi) is 5.66. The maximum atomic E-state index is 11.5. The predicted molar refractivity (Wildman–Crippen MR) is 120 cm³/mol. The van der Waals surface area contributed by atoms with Gasteiger partial charge in [0.2, 0.25) is 5.91 Å². The Balaban J connectivity index is 1.54. The average molecular weight is 399 g/mol. The fourth-order valence-electron chi connectivity index (χ4n) is 4.02. The largest absolute Gasteiger partial charge is 0.486 e. The molecule has 0 saturated carbocycles. The van der Waals surface area contributed by atoms with Gasteiger partial charge in [0.1, 0.15) is 11.9 Å². The van der Waals surface area contributed by atoms with Crippen LogP contribution in [0.4, 0.5) is 0 Å². The van der Waals surface area contributed by atoms with Gasteiger partial charge in [-0.05, 0) is 78.3 Å². The van der Waals surface area contributed by atoms with Crippen LogP contribution in [0.15, 0.2) is 67.0 Å². The summed E-state index contributed by atoms with van der Waals surface area (Å²) in [5, 5.41) is 2.61. The zero-order valence-electron chi connectivity index (χ0n) is 17.6. The van der Waals surface area contributed by atoms with E-state index in [9.17, 15) is 4.79 Å². The number of rotatable bonds is 5. The van der Waals surface area contributed by atoms with Crippen molar-refractivity contribution in [1.82, 2.24) is 10.3 Å². The minimum Gasteiger partial charge on any atom is -0.486 e. The lowest BCUT2D eigenvalue weighted by Gasteiger charge is -2.16. The molecule has 1 unspecified atom stereocenters. The van der Waals surface area contributed by atoms with E-state index in [1.54, 1.807) is 13.1 Å². The molecule has 0 radical (unpaired) electrons. The van der Waals surface area contributed by atoms with Crippen LogP contribution < -0.4 is 10.1 Å². The second-order valence-electron chi connectivity index (χ2n) is 7.74. The summed E-state index contributed by atoms with van der Waals surface area (Å²) >= 11 is 0. The maximum absolute atomic E-state index is 11.5. The highest BCUT2D eigenvalue weighted by molar-refractivity contribution is 5.94. The molecule has 2 aromatic carbocycles. The normalized spacial score (nSPS) is 15.6. The van der Waals surface area contributed by atoms with E-state index in [2.05, 4.69) is 41.5 Å². The number of hydrogen-bond acceptors (Lipinski definition) is 3. The van der Waals surface area contributed by atoms with E-state index in [1.165, 1.54) is 16.7 Å². The average Bonchev–Trinajstić information content (AvgIpc) is 3.17. The van der Waals surface area contributed by atoms with Crippen LogP contribution in [0.25, 0.3) is 16.7 Å². The first-order chi connectivity index (χ1) is 14.5. The first-order valence-electron chi connectivity index (χ1n) is 10.3. The van der Waals surface area contributed by atoms with E-state index in [0.29, 0.717) is 0 Å². The topological polar surface area (TPSA) is 51.2 Å². The van der Waals surface area contributed by atoms with Gasteiger partial charge < -0.3 is 10.1 Å². The molecule has 1 aromatic heterocycles. The van der Waals surface area contributed by atoms with Crippen molar-refractivity contribution in [3.8, 4) is 16.9 Å². The molecule has 0 saturated heterocycles. The zero-order valence-corrected chi connectivity index (χ0v) is 17.6. The van der Waals surface area contributed by atoms with Crippen molar-refractivity contribution in [3.05, 3.63) is 89.3 Å². The molecular weight excluding hydrogens is 372 g/mol. The molecule has 1 amide bonds. The Labute approximate surface area is 177 Å². The minimum atomic E-state index is -0.102. The molecule has 0 aliphatic heterocycles. The van der Waals surface area contributed by atoms with Gasteiger partial charge in [-0.3, -0.25) is 9.78 Å². The number of allylic oxidation sites excluding steroid dienone is 1. The van der Waals surface area contributed by atoms with E-state index < -0.39 is 0 Å². The molecule has 1 aliphatic rings. The fourth-order valence-corrected chi connectivity index (χ4v) is 4.02. The van der Waals surface area contributed by atoms with Crippen molar-refractivity contribution in [2.45, 2.75) is 32.8 Å². The number of nitrogens with zero attached hydrogens (tertiary/aromatic N) is 1. The molecule has 4 heteroatoms. The number of carbonyl (C=O) groups excluding carboxylic acids is 1. The molecule has 1 aliphatic carbocycles. The number of fused-ring (bicyclic) bond motifs is 1. The number of nitrogens with one attached hydrogen (secondary N) is 1. The standard InChI is InChI=1S/C26H26N2O2/c1-17-13-20(16-28-15-17)22-5-4-6-24-23(22)11-12-25(24)30-21-9-7-19(8-10-21)18(2)14-26(29)27-3/h4-10,13-16,25H,11-12H2,1-3H3,(H,27,29)/b18-14+. The number of benzene rings is 2. The van der Waals surface area contributed by atoms with Crippen molar-refractivity contribution in [2.75, 3.05) is 7.05 Å². The van der Waals surface area contributed by atoms with Crippen LogP contribution >= 0.6 is 0 Å². The fraction of sp³-hybridized carbons (Fsp3) is 0.231. The van der Waals surface area contributed by atoms with Gasteiger partial charge in [-0.2, -0.15) is 0 Å².